The Morgan fingerprint density at radius 1 is 1.12 bits per heavy atom. The van der Waals surface area contributed by atoms with Crippen LogP contribution in [0.25, 0.3) is 21.1 Å². The van der Waals surface area contributed by atoms with E-state index in [-0.39, 0.29) is 22.8 Å². The molecule has 0 saturated carbocycles. The van der Waals surface area contributed by atoms with Crippen LogP contribution in [-0.2, 0) is 12.0 Å². The molecule has 0 unspecified atom stereocenters. The second-order valence-corrected chi connectivity index (χ2v) is 9.70. The number of rotatable bonds is 4. The Hall–Kier alpha value is -3.33. The summed E-state index contributed by atoms with van der Waals surface area (Å²) in [7, 11) is 0. The van der Waals surface area contributed by atoms with Gasteiger partial charge in [0.05, 0.1) is 21.5 Å². The molecule has 0 bridgehead atoms. The number of thiophene rings is 1. The zero-order valence-corrected chi connectivity index (χ0v) is 19.8. The molecule has 0 fully saturated rings. The number of nitrogens with one attached hydrogen (secondary N) is 2. The maximum atomic E-state index is 13.0. The van der Waals surface area contributed by atoms with Crippen molar-refractivity contribution in [2.45, 2.75) is 53.5 Å². The quantitative estimate of drug-likeness (QED) is 0.454. The van der Waals surface area contributed by atoms with Crippen molar-refractivity contribution in [1.82, 2.24) is 24.9 Å². The number of carbonyl (C=O) groups excluding carboxylic acids is 1. The average molecular weight is 451 g/mol. The molecule has 0 aliphatic rings. The van der Waals surface area contributed by atoms with Gasteiger partial charge in [-0.1, -0.05) is 32.9 Å². The fourth-order valence-electron chi connectivity index (χ4n) is 3.62. The van der Waals surface area contributed by atoms with E-state index in [1.165, 1.54) is 15.9 Å². The number of hydrazine groups is 1. The normalized spacial score (nSPS) is 11.8. The summed E-state index contributed by atoms with van der Waals surface area (Å²) < 4.78 is 1.49. The molecule has 32 heavy (non-hydrogen) atoms. The molecule has 1 amide bonds. The summed E-state index contributed by atoms with van der Waals surface area (Å²) in [6, 6.07) is 7.15. The molecular weight excluding hydrogens is 424 g/mol. The number of hydrogen-bond acceptors (Lipinski definition) is 7. The van der Waals surface area contributed by atoms with Gasteiger partial charge in [-0.25, -0.2) is 15.0 Å². The second-order valence-electron chi connectivity index (χ2n) is 8.70. The Kier molecular flexibility index (Phi) is 5.46. The van der Waals surface area contributed by atoms with Gasteiger partial charge in [-0.05, 0) is 38.5 Å². The van der Waals surface area contributed by atoms with E-state index in [1.807, 2.05) is 26.8 Å². The molecule has 0 aliphatic carbocycles. The van der Waals surface area contributed by atoms with Crippen molar-refractivity contribution in [3.8, 4) is 0 Å². The molecule has 0 spiro atoms. The van der Waals surface area contributed by atoms with Crippen LogP contribution in [0.3, 0.4) is 0 Å². The topological polar surface area (TPSA) is 102 Å². The molecule has 0 atom stereocenters. The molecule has 4 aromatic rings. The van der Waals surface area contributed by atoms with Gasteiger partial charge < -0.3 is 0 Å². The third kappa shape index (κ3) is 3.73. The summed E-state index contributed by atoms with van der Waals surface area (Å²) in [6.07, 6.45) is 0. The molecule has 2 N–H and O–H groups in total. The van der Waals surface area contributed by atoms with Crippen molar-refractivity contribution in [2.24, 2.45) is 0 Å². The first-order valence-electron chi connectivity index (χ1n) is 10.5. The van der Waals surface area contributed by atoms with Crippen molar-refractivity contribution in [1.29, 1.82) is 0 Å². The van der Waals surface area contributed by atoms with Crippen LogP contribution in [0.1, 0.15) is 54.4 Å². The fourth-order valence-corrected chi connectivity index (χ4v) is 4.74. The van der Waals surface area contributed by atoms with Gasteiger partial charge in [0.25, 0.3) is 11.5 Å². The van der Waals surface area contributed by atoms with Crippen molar-refractivity contribution < 1.29 is 4.79 Å². The summed E-state index contributed by atoms with van der Waals surface area (Å²) in [6.45, 7) is 12.3. The molecule has 8 nitrogen and oxygen atoms in total. The van der Waals surface area contributed by atoms with Crippen LogP contribution in [-0.4, -0.2) is 25.4 Å². The second kappa shape index (κ2) is 7.98. The molecule has 0 aliphatic heterocycles. The Morgan fingerprint density at radius 2 is 1.84 bits per heavy atom. The van der Waals surface area contributed by atoms with Crippen LogP contribution in [0.15, 0.2) is 29.1 Å². The lowest BCUT2D eigenvalue weighted by molar-refractivity contribution is 0.0965. The van der Waals surface area contributed by atoms with E-state index in [0.717, 1.165) is 27.3 Å². The third-order valence-corrected chi connectivity index (χ3v) is 6.50. The highest BCUT2D eigenvalue weighted by Crippen LogP contribution is 2.33. The number of carbonyl (C=O) groups is 1. The van der Waals surface area contributed by atoms with Gasteiger partial charge in [0.2, 0.25) is 5.95 Å². The number of nitrogens with zero attached hydrogens (tertiary/aromatic N) is 4. The van der Waals surface area contributed by atoms with Gasteiger partial charge in [-0.3, -0.25) is 25.0 Å². The van der Waals surface area contributed by atoms with Gasteiger partial charge in [-0.15, -0.1) is 11.3 Å². The van der Waals surface area contributed by atoms with E-state index >= 15 is 0 Å². The standard InChI is InChI=1S/C23H26N6O2S/c1-7-29-20(31)14-10-8-9-11-15(14)25-22(29)28-27-18(30)17-12(2)16-13(3)24-21(23(4,5)6)26-19(16)32-17/h8-11H,7H2,1-6H3,(H,25,28)(H,27,30). The van der Waals surface area contributed by atoms with Gasteiger partial charge in [-0.2, -0.15) is 0 Å². The van der Waals surface area contributed by atoms with Crippen molar-refractivity contribution in [3.05, 3.63) is 56.6 Å². The molecule has 3 heterocycles. The fraction of sp³-hybridized carbons (Fsp3) is 0.348. The van der Waals surface area contributed by atoms with E-state index in [4.69, 9.17) is 4.98 Å². The van der Waals surface area contributed by atoms with Gasteiger partial charge in [0.15, 0.2) is 0 Å². The first-order valence-corrected chi connectivity index (χ1v) is 11.3. The number of fused-ring (bicyclic) bond motifs is 2. The molecule has 166 valence electrons. The van der Waals surface area contributed by atoms with E-state index in [2.05, 4.69) is 41.6 Å². The number of benzene rings is 1. The van der Waals surface area contributed by atoms with Gasteiger partial charge in [0.1, 0.15) is 10.7 Å². The lowest BCUT2D eigenvalue weighted by atomic mass is 9.95. The van der Waals surface area contributed by atoms with Crippen molar-refractivity contribution in [2.75, 3.05) is 5.43 Å². The van der Waals surface area contributed by atoms with Crippen LogP contribution < -0.4 is 16.4 Å². The predicted octanol–water partition coefficient (Wildman–Crippen LogP) is 4.09. The third-order valence-electron chi connectivity index (χ3n) is 5.31. The van der Waals surface area contributed by atoms with Crippen LogP contribution in [0.2, 0.25) is 0 Å². The largest absolute Gasteiger partial charge is 0.280 e. The highest BCUT2D eigenvalue weighted by Gasteiger charge is 2.23. The molecular formula is C23H26N6O2S. The zero-order valence-electron chi connectivity index (χ0n) is 19.0. The van der Waals surface area contributed by atoms with Gasteiger partial charge >= 0.3 is 0 Å². The summed E-state index contributed by atoms with van der Waals surface area (Å²) in [4.78, 5) is 41.0. The average Bonchev–Trinajstić information content (AvgIpc) is 3.08. The monoisotopic (exact) mass is 450 g/mol. The number of amides is 1. The summed E-state index contributed by atoms with van der Waals surface area (Å²) in [5.41, 5.74) is 7.45. The first-order chi connectivity index (χ1) is 15.1. The van der Waals surface area contributed by atoms with Crippen LogP contribution in [0, 0.1) is 13.8 Å². The highest BCUT2D eigenvalue weighted by molar-refractivity contribution is 7.20. The maximum Gasteiger partial charge on any atom is 0.280 e. The minimum absolute atomic E-state index is 0.159. The Morgan fingerprint density at radius 3 is 2.53 bits per heavy atom. The molecule has 0 radical (unpaired) electrons. The SMILES string of the molecule is CCn1c(NNC(=O)c2sc3nc(C(C)(C)C)nc(C)c3c2C)nc2ccccc2c1=O. The Bertz CT molecular complexity index is 1410. The van der Waals surface area contributed by atoms with E-state index in [1.54, 1.807) is 18.2 Å². The molecule has 3 aromatic heterocycles. The van der Waals surface area contributed by atoms with Crippen molar-refractivity contribution >= 4 is 44.3 Å². The van der Waals surface area contributed by atoms with Crippen LogP contribution in [0.4, 0.5) is 5.95 Å². The lowest BCUT2D eigenvalue weighted by Crippen LogP contribution is -2.34. The van der Waals surface area contributed by atoms with Crippen LogP contribution in [0.5, 0.6) is 0 Å². The predicted molar refractivity (Wildman–Crippen MR) is 128 cm³/mol. The van der Waals surface area contributed by atoms with E-state index in [9.17, 15) is 9.59 Å². The van der Waals surface area contributed by atoms with E-state index in [0.29, 0.717) is 22.3 Å². The number of hydrogen-bond donors (Lipinski definition) is 2. The number of aromatic nitrogens is 4. The highest BCUT2D eigenvalue weighted by atomic mass is 32.1. The minimum atomic E-state index is -0.313. The first kappa shape index (κ1) is 21.9. The molecule has 9 heteroatoms. The Balaban J connectivity index is 1.67. The summed E-state index contributed by atoms with van der Waals surface area (Å²) in [5, 5.41) is 1.44. The molecule has 0 saturated heterocycles. The lowest BCUT2D eigenvalue weighted by Gasteiger charge is -2.16. The van der Waals surface area contributed by atoms with E-state index < -0.39 is 0 Å². The zero-order chi connectivity index (χ0) is 23.2. The molecule has 1 aromatic carbocycles. The van der Waals surface area contributed by atoms with Crippen molar-refractivity contribution in [3.63, 3.8) is 0 Å². The maximum absolute atomic E-state index is 13.0. The number of anilines is 1. The number of para-hydroxylation sites is 1. The number of aryl methyl sites for hydroxylation is 2. The molecule has 4 rings (SSSR count). The van der Waals surface area contributed by atoms with Gasteiger partial charge in [0, 0.05) is 17.3 Å². The Labute approximate surface area is 189 Å². The minimum Gasteiger partial charge on any atom is -0.277 e. The summed E-state index contributed by atoms with van der Waals surface area (Å²) >= 11 is 1.34. The summed E-state index contributed by atoms with van der Waals surface area (Å²) in [5.74, 6) is 0.725. The van der Waals surface area contributed by atoms with Crippen LogP contribution >= 0.6 is 11.3 Å². The smallest absolute Gasteiger partial charge is 0.277 e.